The van der Waals surface area contributed by atoms with Gasteiger partial charge >= 0.3 is 5.97 Å². The fourth-order valence-corrected chi connectivity index (χ4v) is 4.09. The number of hydrogen-bond donors (Lipinski definition) is 1. The van der Waals surface area contributed by atoms with Crippen LogP contribution in [0.25, 0.3) is 20.8 Å². The highest BCUT2D eigenvalue weighted by atomic mass is 35.5. The Morgan fingerprint density at radius 2 is 2.00 bits per heavy atom. The zero-order chi connectivity index (χ0) is 18.3. The first-order chi connectivity index (χ1) is 12.5. The Kier molecular flexibility index (Phi) is 4.22. The summed E-state index contributed by atoms with van der Waals surface area (Å²) in [6, 6.07) is 15.3. The summed E-state index contributed by atoms with van der Waals surface area (Å²) >= 11 is 7.93. The number of thiazole rings is 1. The van der Waals surface area contributed by atoms with E-state index in [9.17, 15) is 4.79 Å². The molecule has 1 N–H and O–H groups in total. The number of halogens is 1. The van der Waals surface area contributed by atoms with Gasteiger partial charge in [0.15, 0.2) is 5.69 Å². The number of carbonyl (C=O) groups is 1. The molecule has 2 aromatic heterocycles. The topological polar surface area (TPSA) is 68.0 Å². The maximum Gasteiger partial charge on any atom is 0.356 e. The summed E-state index contributed by atoms with van der Waals surface area (Å²) in [6.07, 6.45) is 0. The SMILES string of the molecule is Cc1cc(C(=O)O)nn1Cc1ccc(Cl)c2sc(-c3ccccc3)nc12. The van der Waals surface area contributed by atoms with Crippen molar-refractivity contribution in [3.63, 3.8) is 0 Å². The Balaban J connectivity index is 1.80. The number of aryl methyl sites for hydroxylation is 1. The van der Waals surface area contributed by atoms with E-state index >= 15 is 0 Å². The van der Waals surface area contributed by atoms with Crippen molar-refractivity contribution in [2.24, 2.45) is 0 Å². The zero-order valence-corrected chi connectivity index (χ0v) is 15.4. The van der Waals surface area contributed by atoms with Gasteiger partial charge in [-0.1, -0.05) is 48.0 Å². The number of aromatic nitrogens is 3. The Morgan fingerprint density at radius 3 is 2.69 bits per heavy atom. The van der Waals surface area contributed by atoms with E-state index in [0.717, 1.165) is 32.0 Å². The molecule has 0 fully saturated rings. The first kappa shape index (κ1) is 16.8. The summed E-state index contributed by atoms with van der Waals surface area (Å²) in [5.41, 5.74) is 3.64. The van der Waals surface area contributed by atoms with E-state index in [4.69, 9.17) is 21.7 Å². The fraction of sp³-hybridized carbons (Fsp3) is 0.105. The molecule has 0 atom stereocenters. The average molecular weight is 384 g/mol. The summed E-state index contributed by atoms with van der Waals surface area (Å²) in [4.78, 5) is 15.9. The lowest BCUT2D eigenvalue weighted by Crippen LogP contribution is -2.06. The summed E-state index contributed by atoms with van der Waals surface area (Å²) in [6.45, 7) is 2.27. The van der Waals surface area contributed by atoms with Gasteiger partial charge in [-0.15, -0.1) is 11.3 Å². The van der Waals surface area contributed by atoms with Crippen LogP contribution in [0.2, 0.25) is 5.02 Å². The van der Waals surface area contributed by atoms with Gasteiger partial charge in [0.1, 0.15) is 5.01 Å². The molecule has 0 radical (unpaired) electrons. The zero-order valence-electron chi connectivity index (χ0n) is 13.8. The summed E-state index contributed by atoms with van der Waals surface area (Å²) in [5.74, 6) is -1.03. The van der Waals surface area contributed by atoms with Crippen LogP contribution in [0.3, 0.4) is 0 Å². The molecule has 7 heteroatoms. The molecular weight excluding hydrogens is 370 g/mol. The molecule has 0 saturated carbocycles. The predicted molar refractivity (Wildman–Crippen MR) is 103 cm³/mol. The van der Waals surface area contributed by atoms with Gasteiger partial charge in [-0.25, -0.2) is 9.78 Å². The Hall–Kier alpha value is -2.70. The molecule has 4 rings (SSSR count). The number of carboxylic acids is 1. The number of nitrogens with zero attached hydrogens (tertiary/aromatic N) is 3. The molecule has 0 amide bonds. The van der Waals surface area contributed by atoms with Crippen LogP contribution in [0, 0.1) is 6.92 Å². The van der Waals surface area contributed by atoms with Crippen molar-refractivity contribution >= 4 is 39.1 Å². The van der Waals surface area contributed by atoms with Crippen molar-refractivity contribution in [3.05, 3.63) is 70.5 Å². The van der Waals surface area contributed by atoms with Gasteiger partial charge in [-0.05, 0) is 19.1 Å². The predicted octanol–water partition coefficient (Wildman–Crippen LogP) is 4.87. The van der Waals surface area contributed by atoms with Crippen LogP contribution in [0.5, 0.6) is 0 Å². The maximum atomic E-state index is 11.1. The van der Waals surface area contributed by atoms with Crippen LogP contribution in [0.1, 0.15) is 21.7 Å². The Morgan fingerprint density at radius 1 is 1.23 bits per heavy atom. The molecule has 0 aliphatic rings. The van der Waals surface area contributed by atoms with E-state index < -0.39 is 5.97 Å². The first-order valence-corrected chi connectivity index (χ1v) is 9.13. The van der Waals surface area contributed by atoms with Crippen LogP contribution in [0.4, 0.5) is 0 Å². The smallest absolute Gasteiger partial charge is 0.356 e. The molecule has 4 aromatic rings. The van der Waals surface area contributed by atoms with Gasteiger partial charge in [0, 0.05) is 16.8 Å². The van der Waals surface area contributed by atoms with Gasteiger partial charge in [0.05, 0.1) is 21.8 Å². The third kappa shape index (κ3) is 2.98. The molecule has 0 aliphatic carbocycles. The molecular formula is C19H14ClN3O2S. The van der Waals surface area contributed by atoms with Gasteiger partial charge in [-0.3, -0.25) is 4.68 Å². The molecule has 5 nitrogen and oxygen atoms in total. The van der Waals surface area contributed by atoms with Crippen molar-refractivity contribution in [2.75, 3.05) is 0 Å². The molecule has 2 aromatic carbocycles. The lowest BCUT2D eigenvalue weighted by molar-refractivity contribution is 0.0689. The minimum absolute atomic E-state index is 0.0379. The molecule has 2 heterocycles. The normalized spacial score (nSPS) is 11.2. The standard InChI is InChI=1S/C19H14ClN3O2S/c1-11-9-15(19(24)25)22-23(11)10-13-7-8-14(20)17-16(13)21-18(26-17)12-5-3-2-4-6-12/h2-9H,10H2,1H3,(H,24,25). The summed E-state index contributed by atoms with van der Waals surface area (Å²) in [5, 5.41) is 14.8. The van der Waals surface area contributed by atoms with Gasteiger partial charge in [0.2, 0.25) is 0 Å². The molecule has 130 valence electrons. The van der Waals surface area contributed by atoms with Crippen LogP contribution in [-0.4, -0.2) is 25.8 Å². The van der Waals surface area contributed by atoms with Gasteiger partial charge in [0.25, 0.3) is 0 Å². The van der Waals surface area contributed by atoms with Crippen molar-refractivity contribution in [2.45, 2.75) is 13.5 Å². The molecule has 0 saturated heterocycles. The minimum Gasteiger partial charge on any atom is -0.476 e. The van der Waals surface area contributed by atoms with E-state index in [1.165, 1.54) is 0 Å². The summed E-state index contributed by atoms with van der Waals surface area (Å²) in [7, 11) is 0. The van der Waals surface area contributed by atoms with Crippen LogP contribution in [0.15, 0.2) is 48.5 Å². The first-order valence-electron chi connectivity index (χ1n) is 7.94. The van der Waals surface area contributed by atoms with E-state index in [0.29, 0.717) is 11.6 Å². The number of aromatic carboxylic acids is 1. The lowest BCUT2D eigenvalue weighted by Gasteiger charge is -2.06. The third-order valence-electron chi connectivity index (χ3n) is 4.12. The average Bonchev–Trinajstić information content (AvgIpc) is 3.23. The molecule has 0 aliphatic heterocycles. The van der Waals surface area contributed by atoms with E-state index in [1.54, 1.807) is 22.1 Å². The highest BCUT2D eigenvalue weighted by Crippen LogP contribution is 2.36. The van der Waals surface area contributed by atoms with Crippen LogP contribution in [-0.2, 0) is 6.54 Å². The summed E-state index contributed by atoms with van der Waals surface area (Å²) < 4.78 is 2.60. The number of rotatable bonds is 4. The van der Waals surface area contributed by atoms with E-state index in [2.05, 4.69) is 5.10 Å². The lowest BCUT2D eigenvalue weighted by atomic mass is 10.2. The van der Waals surface area contributed by atoms with E-state index in [-0.39, 0.29) is 5.69 Å². The molecule has 26 heavy (non-hydrogen) atoms. The number of benzene rings is 2. The second kappa shape index (κ2) is 6.55. The molecule has 0 bridgehead atoms. The largest absolute Gasteiger partial charge is 0.476 e. The monoisotopic (exact) mass is 383 g/mol. The van der Waals surface area contributed by atoms with Crippen molar-refractivity contribution in [1.29, 1.82) is 0 Å². The van der Waals surface area contributed by atoms with Crippen molar-refractivity contribution < 1.29 is 9.90 Å². The third-order valence-corrected chi connectivity index (χ3v) is 5.68. The number of hydrogen-bond acceptors (Lipinski definition) is 4. The highest BCUT2D eigenvalue weighted by molar-refractivity contribution is 7.22. The Labute approximate surface area is 158 Å². The highest BCUT2D eigenvalue weighted by Gasteiger charge is 2.15. The molecule has 0 unspecified atom stereocenters. The van der Waals surface area contributed by atoms with E-state index in [1.807, 2.05) is 49.4 Å². The van der Waals surface area contributed by atoms with Gasteiger partial charge in [-0.2, -0.15) is 5.10 Å². The second-order valence-corrected chi connectivity index (χ2v) is 7.31. The molecule has 0 spiro atoms. The Bertz CT molecular complexity index is 1120. The van der Waals surface area contributed by atoms with Crippen LogP contribution < -0.4 is 0 Å². The maximum absolute atomic E-state index is 11.1. The number of fused-ring (bicyclic) bond motifs is 1. The quantitative estimate of drug-likeness (QED) is 0.546. The fourth-order valence-electron chi connectivity index (χ4n) is 2.80. The second-order valence-electron chi connectivity index (χ2n) is 5.90. The van der Waals surface area contributed by atoms with Gasteiger partial charge < -0.3 is 5.11 Å². The van der Waals surface area contributed by atoms with Crippen molar-refractivity contribution in [1.82, 2.24) is 14.8 Å². The van der Waals surface area contributed by atoms with Crippen molar-refractivity contribution in [3.8, 4) is 10.6 Å². The minimum atomic E-state index is -1.03. The number of carboxylic acid groups (broad SMARTS) is 1. The van der Waals surface area contributed by atoms with Crippen LogP contribution >= 0.6 is 22.9 Å².